The van der Waals surface area contributed by atoms with Gasteiger partial charge in [0.2, 0.25) is 0 Å². The van der Waals surface area contributed by atoms with E-state index in [4.69, 9.17) is 14.2 Å². The molecule has 0 heterocycles. The first-order valence-electron chi connectivity index (χ1n) is 12.2. The van der Waals surface area contributed by atoms with Crippen LogP contribution in [0.4, 0.5) is 0 Å². The summed E-state index contributed by atoms with van der Waals surface area (Å²) in [6, 6.07) is 31.6. The van der Waals surface area contributed by atoms with Gasteiger partial charge in [-0.2, -0.15) is 0 Å². The molecular formula is C32H26O6. The maximum Gasteiger partial charge on any atom is 0.343 e. The van der Waals surface area contributed by atoms with Crippen molar-refractivity contribution in [3.05, 3.63) is 138 Å². The van der Waals surface area contributed by atoms with Crippen LogP contribution in [0.3, 0.4) is 0 Å². The lowest BCUT2D eigenvalue weighted by Crippen LogP contribution is -2.12. The van der Waals surface area contributed by atoms with E-state index in [0.717, 1.165) is 6.42 Å². The smallest absolute Gasteiger partial charge is 0.343 e. The van der Waals surface area contributed by atoms with Gasteiger partial charge in [-0.05, 0) is 66.4 Å². The van der Waals surface area contributed by atoms with Crippen LogP contribution in [0.2, 0.25) is 0 Å². The van der Waals surface area contributed by atoms with Crippen molar-refractivity contribution in [2.75, 3.05) is 6.61 Å². The summed E-state index contributed by atoms with van der Waals surface area (Å²) in [6.45, 7) is 0.298. The van der Waals surface area contributed by atoms with Crippen molar-refractivity contribution in [2.45, 2.75) is 12.8 Å². The molecule has 0 amide bonds. The van der Waals surface area contributed by atoms with Crippen molar-refractivity contribution >= 4 is 24.0 Å². The fourth-order valence-corrected chi connectivity index (χ4v) is 3.56. The number of esters is 3. The van der Waals surface area contributed by atoms with Crippen LogP contribution < -0.4 is 9.47 Å². The summed E-state index contributed by atoms with van der Waals surface area (Å²) in [7, 11) is 0. The molecular weight excluding hydrogens is 480 g/mol. The average Bonchev–Trinajstić information content (AvgIpc) is 2.96. The highest BCUT2D eigenvalue weighted by atomic mass is 16.6. The molecule has 0 aliphatic heterocycles. The summed E-state index contributed by atoms with van der Waals surface area (Å²) in [5.74, 6) is -1.57. The molecule has 0 unspecified atom stereocenters. The van der Waals surface area contributed by atoms with Crippen LogP contribution in [0.1, 0.15) is 38.3 Å². The number of ether oxygens (including phenoxy) is 3. The Labute approximate surface area is 221 Å². The number of carbonyl (C=O) groups is 3. The Morgan fingerprint density at radius 2 is 1.18 bits per heavy atom. The number of benzene rings is 4. The van der Waals surface area contributed by atoms with Gasteiger partial charge in [-0.15, -0.1) is 0 Å². The minimum absolute atomic E-state index is 0.0431. The normalized spacial score (nSPS) is 10.6. The number of hydrogen-bond acceptors (Lipinski definition) is 6. The van der Waals surface area contributed by atoms with Gasteiger partial charge >= 0.3 is 17.9 Å². The molecule has 6 heteroatoms. The van der Waals surface area contributed by atoms with Crippen LogP contribution in [-0.4, -0.2) is 24.5 Å². The lowest BCUT2D eigenvalue weighted by atomic mass is 10.1. The predicted octanol–water partition coefficient (Wildman–Crippen LogP) is 6.31. The highest BCUT2D eigenvalue weighted by Gasteiger charge is 2.17. The topological polar surface area (TPSA) is 78.9 Å². The lowest BCUT2D eigenvalue weighted by Gasteiger charge is -2.12. The van der Waals surface area contributed by atoms with Gasteiger partial charge in [0.05, 0.1) is 17.7 Å². The average molecular weight is 507 g/mol. The van der Waals surface area contributed by atoms with Crippen molar-refractivity contribution in [2.24, 2.45) is 0 Å². The molecule has 0 bridgehead atoms. The maximum atomic E-state index is 12.7. The van der Waals surface area contributed by atoms with Crippen LogP contribution in [0, 0.1) is 0 Å². The Hall–Kier alpha value is -4.97. The van der Waals surface area contributed by atoms with Gasteiger partial charge in [-0.3, -0.25) is 0 Å². The van der Waals surface area contributed by atoms with E-state index in [1.807, 2.05) is 30.3 Å². The molecule has 6 nitrogen and oxygen atoms in total. The summed E-state index contributed by atoms with van der Waals surface area (Å²) in [5.41, 5.74) is 2.44. The zero-order chi connectivity index (χ0) is 26.6. The van der Waals surface area contributed by atoms with E-state index < -0.39 is 17.9 Å². The SMILES string of the molecule is O=C(/C=C/c1ccc(OC(=O)c2ccccc2)c(OC(=O)c2ccccc2)c1)OCCCc1ccccc1. The number of aryl methyl sites for hydroxylation is 1. The van der Waals surface area contributed by atoms with Gasteiger partial charge in [-0.1, -0.05) is 72.8 Å². The predicted molar refractivity (Wildman–Crippen MR) is 144 cm³/mol. The number of carbonyl (C=O) groups excluding carboxylic acids is 3. The van der Waals surface area contributed by atoms with E-state index in [9.17, 15) is 14.4 Å². The molecule has 0 saturated heterocycles. The van der Waals surface area contributed by atoms with Crippen molar-refractivity contribution in [3.63, 3.8) is 0 Å². The van der Waals surface area contributed by atoms with E-state index in [2.05, 4.69) is 0 Å². The van der Waals surface area contributed by atoms with Crippen molar-refractivity contribution in [1.82, 2.24) is 0 Å². The summed E-state index contributed by atoms with van der Waals surface area (Å²) < 4.78 is 16.4. The van der Waals surface area contributed by atoms with Crippen LogP contribution in [0.15, 0.2) is 115 Å². The second-order valence-corrected chi connectivity index (χ2v) is 8.31. The van der Waals surface area contributed by atoms with Crippen molar-refractivity contribution < 1.29 is 28.6 Å². The van der Waals surface area contributed by atoms with Crippen LogP contribution in [0.5, 0.6) is 11.5 Å². The monoisotopic (exact) mass is 506 g/mol. The standard InChI is InChI=1S/C32H26O6/c33-30(36-22-10-13-24-11-4-1-5-12-24)21-19-25-18-20-28(37-31(34)26-14-6-2-7-15-26)29(23-25)38-32(35)27-16-8-3-9-17-27/h1-9,11-12,14-21,23H,10,13,22H2/b21-19+. The van der Waals surface area contributed by atoms with Gasteiger partial charge in [0.1, 0.15) is 0 Å². The molecule has 4 aromatic carbocycles. The quantitative estimate of drug-likeness (QED) is 0.108. The largest absolute Gasteiger partial charge is 0.463 e. The minimum atomic E-state index is -0.610. The fourth-order valence-electron chi connectivity index (χ4n) is 3.56. The summed E-state index contributed by atoms with van der Waals surface area (Å²) in [5, 5.41) is 0. The van der Waals surface area contributed by atoms with Crippen molar-refractivity contribution in [1.29, 1.82) is 0 Å². The van der Waals surface area contributed by atoms with E-state index in [-0.39, 0.29) is 11.5 Å². The molecule has 0 N–H and O–H groups in total. The molecule has 4 rings (SSSR count). The van der Waals surface area contributed by atoms with Crippen LogP contribution >= 0.6 is 0 Å². The summed E-state index contributed by atoms with van der Waals surface area (Å²) in [4.78, 5) is 37.5. The molecule has 0 aliphatic carbocycles. The Morgan fingerprint density at radius 1 is 0.632 bits per heavy atom. The van der Waals surface area contributed by atoms with Gasteiger partial charge < -0.3 is 14.2 Å². The Bertz CT molecular complexity index is 1400. The number of rotatable bonds is 10. The fraction of sp³-hybridized carbons (Fsp3) is 0.0938. The maximum absolute atomic E-state index is 12.7. The van der Waals surface area contributed by atoms with Gasteiger partial charge in [0, 0.05) is 6.08 Å². The molecule has 0 aliphatic rings. The first-order chi connectivity index (χ1) is 18.6. The molecule has 0 spiro atoms. The first kappa shape index (κ1) is 26.1. The first-order valence-corrected chi connectivity index (χ1v) is 12.2. The third-order valence-corrected chi connectivity index (χ3v) is 5.50. The summed E-state index contributed by atoms with van der Waals surface area (Å²) >= 11 is 0. The highest BCUT2D eigenvalue weighted by Crippen LogP contribution is 2.30. The van der Waals surface area contributed by atoms with Gasteiger partial charge in [0.15, 0.2) is 11.5 Å². The van der Waals surface area contributed by atoms with E-state index >= 15 is 0 Å². The molecule has 4 aromatic rings. The molecule has 190 valence electrons. The number of hydrogen-bond donors (Lipinski definition) is 0. The van der Waals surface area contributed by atoms with E-state index in [1.165, 1.54) is 23.8 Å². The highest BCUT2D eigenvalue weighted by molar-refractivity contribution is 5.93. The van der Waals surface area contributed by atoms with Gasteiger partial charge in [0.25, 0.3) is 0 Å². The second kappa shape index (κ2) is 13.4. The van der Waals surface area contributed by atoms with Crippen molar-refractivity contribution in [3.8, 4) is 11.5 Å². The van der Waals surface area contributed by atoms with E-state index in [0.29, 0.717) is 29.7 Å². The zero-order valence-corrected chi connectivity index (χ0v) is 20.6. The van der Waals surface area contributed by atoms with Crippen LogP contribution in [0.25, 0.3) is 6.08 Å². The molecule has 0 saturated carbocycles. The molecule has 0 radical (unpaired) electrons. The molecule has 0 aromatic heterocycles. The minimum Gasteiger partial charge on any atom is -0.463 e. The summed E-state index contributed by atoms with van der Waals surface area (Å²) in [6.07, 6.45) is 4.38. The lowest BCUT2D eigenvalue weighted by molar-refractivity contribution is -0.137. The molecule has 38 heavy (non-hydrogen) atoms. The third kappa shape index (κ3) is 7.77. The Balaban J connectivity index is 1.43. The Morgan fingerprint density at radius 3 is 1.79 bits per heavy atom. The second-order valence-electron chi connectivity index (χ2n) is 8.31. The van der Waals surface area contributed by atoms with Crippen LogP contribution in [-0.2, 0) is 16.0 Å². The van der Waals surface area contributed by atoms with E-state index in [1.54, 1.807) is 72.8 Å². The molecule has 0 fully saturated rings. The zero-order valence-electron chi connectivity index (χ0n) is 20.6. The Kier molecular flexibility index (Phi) is 9.18. The third-order valence-electron chi connectivity index (χ3n) is 5.50. The van der Waals surface area contributed by atoms with Gasteiger partial charge in [-0.25, -0.2) is 14.4 Å². The molecule has 0 atom stereocenters.